The van der Waals surface area contributed by atoms with Crippen LogP contribution in [0.15, 0.2) is 24.5 Å². The number of aromatic nitrogens is 2. The highest BCUT2D eigenvalue weighted by molar-refractivity contribution is 7.15. The van der Waals surface area contributed by atoms with E-state index in [1.807, 2.05) is 31.7 Å². The molecule has 1 unspecified atom stereocenters. The number of hydrogen-bond acceptors (Lipinski definition) is 7. The van der Waals surface area contributed by atoms with Gasteiger partial charge in [0.05, 0.1) is 16.6 Å². The molecule has 1 aliphatic heterocycles. The molecule has 1 saturated carbocycles. The van der Waals surface area contributed by atoms with Crippen molar-refractivity contribution < 1.29 is 19.4 Å². The lowest BCUT2D eigenvalue weighted by Crippen LogP contribution is -2.46. The molecule has 3 heterocycles. The molecule has 2 aromatic rings. The van der Waals surface area contributed by atoms with Gasteiger partial charge in [-0.3, -0.25) is 9.69 Å². The van der Waals surface area contributed by atoms with Crippen LogP contribution in [-0.2, 0) is 4.79 Å². The average Bonchev–Trinajstić information content (AvgIpc) is 3.51. The molecule has 0 aromatic carbocycles. The third-order valence-electron chi connectivity index (χ3n) is 7.12. The number of rotatable bonds is 8. The van der Waals surface area contributed by atoms with Crippen molar-refractivity contribution >= 4 is 28.9 Å². The van der Waals surface area contributed by atoms with Crippen LogP contribution in [-0.4, -0.2) is 64.1 Å². The highest BCUT2D eigenvalue weighted by Gasteiger charge is 2.38. The van der Waals surface area contributed by atoms with Gasteiger partial charge in [-0.15, -0.1) is 11.3 Å². The molecule has 0 spiro atoms. The van der Waals surface area contributed by atoms with Crippen LogP contribution in [0.4, 0.5) is 5.69 Å². The zero-order valence-corrected chi connectivity index (χ0v) is 23.6. The molecule has 4 rings (SSSR count). The van der Waals surface area contributed by atoms with Gasteiger partial charge in [-0.25, -0.2) is 14.8 Å². The quantitative estimate of drug-likeness (QED) is 0.475. The second-order valence-corrected chi connectivity index (χ2v) is 12.5. The molecule has 204 valence electrons. The Hall–Kier alpha value is -2.96. The van der Waals surface area contributed by atoms with Gasteiger partial charge in [0.15, 0.2) is 0 Å². The van der Waals surface area contributed by atoms with Gasteiger partial charge in [0.1, 0.15) is 11.5 Å². The fraction of sp³-hybridized carbons (Fsp3) is 0.586. The highest BCUT2D eigenvalue weighted by Crippen LogP contribution is 2.37. The van der Waals surface area contributed by atoms with Gasteiger partial charge in [0.2, 0.25) is 5.91 Å². The summed E-state index contributed by atoms with van der Waals surface area (Å²) in [4.78, 5) is 39.5. The van der Waals surface area contributed by atoms with Crippen molar-refractivity contribution in [3.8, 4) is 17.9 Å². The van der Waals surface area contributed by atoms with Crippen molar-refractivity contribution in [2.75, 3.05) is 31.1 Å². The fourth-order valence-corrected chi connectivity index (χ4v) is 5.92. The summed E-state index contributed by atoms with van der Waals surface area (Å²) in [5.41, 5.74) is 0.283. The summed E-state index contributed by atoms with van der Waals surface area (Å²) in [6.45, 7) is 10.9. The Morgan fingerprint density at radius 1 is 1.18 bits per heavy atom. The summed E-state index contributed by atoms with van der Waals surface area (Å²) in [7, 11) is 0. The monoisotopic (exact) mass is 538 g/mol. The lowest BCUT2D eigenvalue weighted by Gasteiger charge is -2.34. The van der Waals surface area contributed by atoms with E-state index in [0.717, 1.165) is 50.0 Å². The highest BCUT2D eigenvalue weighted by atomic mass is 32.1. The first-order valence-corrected chi connectivity index (χ1v) is 14.3. The number of likely N-dealkylation sites (tertiary alicyclic amines) is 1. The molecule has 0 radical (unpaired) electrons. The molecule has 1 N–H and O–H groups in total. The summed E-state index contributed by atoms with van der Waals surface area (Å²) in [5, 5.41) is 10.1. The normalized spacial score (nSPS) is 21.9. The average molecular weight is 539 g/mol. The number of carboxylic acid groups (broad SMARTS) is 1. The SMILES string of the molecule is CC1CCC(C(=O)N(c2cc(C#CC(C)(C)C)sc2C(=O)O)C2CCN(CCOc3ncccn3)C2)CC1. The molecule has 1 amide bonds. The molecule has 1 aliphatic carbocycles. The van der Waals surface area contributed by atoms with E-state index < -0.39 is 5.97 Å². The first kappa shape index (κ1) is 28.1. The van der Waals surface area contributed by atoms with Gasteiger partial charge in [-0.1, -0.05) is 18.8 Å². The molecule has 2 fully saturated rings. The zero-order valence-electron chi connectivity index (χ0n) is 22.8. The molecule has 0 bridgehead atoms. The van der Waals surface area contributed by atoms with Crippen molar-refractivity contribution in [2.45, 2.75) is 65.8 Å². The molecule has 38 heavy (non-hydrogen) atoms. The predicted octanol–water partition coefficient (Wildman–Crippen LogP) is 4.95. The fourth-order valence-electron chi connectivity index (χ4n) is 5.08. The molecule has 1 atom stereocenters. The van der Waals surface area contributed by atoms with E-state index in [9.17, 15) is 14.7 Å². The maximum absolute atomic E-state index is 14.0. The van der Waals surface area contributed by atoms with Crippen LogP contribution in [0.1, 0.15) is 74.3 Å². The van der Waals surface area contributed by atoms with Gasteiger partial charge in [-0.05, 0) is 70.9 Å². The number of carboxylic acids is 1. The van der Waals surface area contributed by atoms with E-state index in [4.69, 9.17) is 4.74 Å². The molecular formula is C29H38N4O4S. The van der Waals surface area contributed by atoms with Crippen LogP contribution in [0.25, 0.3) is 0 Å². The Morgan fingerprint density at radius 2 is 1.89 bits per heavy atom. The minimum atomic E-state index is -1.02. The molecule has 2 aliphatic rings. The number of carbonyl (C=O) groups is 2. The number of thiophene rings is 1. The Morgan fingerprint density at radius 3 is 2.55 bits per heavy atom. The second-order valence-electron chi connectivity index (χ2n) is 11.4. The van der Waals surface area contributed by atoms with Crippen LogP contribution < -0.4 is 9.64 Å². The number of amides is 1. The number of ether oxygens (including phenoxy) is 1. The summed E-state index contributed by atoms with van der Waals surface area (Å²) in [6, 6.07) is 3.80. The summed E-state index contributed by atoms with van der Waals surface area (Å²) < 4.78 is 5.67. The third-order valence-corrected chi connectivity index (χ3v) is 8.15. The summed E-state index contributed by atoms with van der Waals surface area (Å²) >= 11 is 1.16. The van der Waals surface area contributed by atoms with Crippen LogP contribution in [0, 0.1) is 29.1 Å². The zero-order chi connectivity index (χ0) is 27.3. The van der Waals surface area contributed by atoms with Crippen molar-refractivity contribution in [1.29, 1.82) is 0 Å². The van der Waals surface area contributed by atoms with Gasteiger partial charge in [0.25, 0.3) is 0 Å². The molecule has 8 nitrogen and oxygen atoms in total. The first-order valence-electron chi connectivity index (χ1n) is 13.5. The minimum absolute atomic E-state index is 0.0494. The number of hydrogen-bond donors (Lipinski definition) is 1. The van der Waals surface area contributed by atoms with Gasteiger partial charge in [0, 0.05) is 43.4 Å². The number of aromatic carboxylic acids is 1. The Balaban J connectivity index is 1.56. The van der Waals surface area contributed by atoms with Crippen molar-refractivity contribution in [3.05, 3.63) is 34.3 Å². The predicted molar refractivity (Wildman–Crippen MR) is 149 cm³/mol. The van der Waals surface area contributed by atoms with Crippen molar-refractivity contribution in [1.82, 2.24) is 14.9 Å². The summed E-state index contributed by atoms with van der Waals surface area (Å²) in [5.74, 6) is 5.92. The van der Waals surface area contributed by atoms with Crippen LogP contribution >= 0.6 is 11.3 Å². The van der Waals surface area contributed by atoms with E-state index in [1.165, 1.54) is 0 Å². The molecular weight excluding hydrogens is 500 g/mol. The van der Waals surface area contributed by atoms with Crippen molar-refractivity contribution in [2.24, 2.45) is 17.3 Å². The molecule has 1 saturated heterocycles. The standard InChI is InChI=1S/C29H38N4O4S/c1-20-6-8-21(9-7-20)26(34)33(24-18-23(10-12-29(2,3)4)38-25(24)27(35)36)22-11-15-32(19-22)16-17-37-28-30-13-5-14-31-28/h5,13-14,18,20-22H,6-9,11,15-17,19H2,1-4H3,(H,35,36). The van der Waals surface area contributed by atoms with Gasteiger partial charge >= 0.3 is 12.0 Å². The third kappa shape index (κ3) is 7.33. The Bertz CT molecular complexity index is 1170. The van der Waals surface area contributed by atoms with Crippen LogP contribution in [0.5, 0.6) is 6.01 Å². The summed E-state index contributed by atoms with van der Waals surface area (Å²) in [6.07, 6.45) is 7.81. The van der Waals surface area contributed by atoms with E-state index in [-0.39, 0.29) is 28.2 Å². The lowest BCUT2D eigenvalue weighted by molar-refractivity contribution is -0.124. The van der Waals surface area contributed by atoms with Gasteiger partial charge in [-0.2, -0.15) is 0 Å². The maximum Gasteiger partial charge on any atom is 0.348 e. The van der Waals surface area contributed by atoms with E-state index in [1.54, 1.807) is 18.5 Å². The van der Waals surface area contributed by atoms with Crippen LogP contribution in [0.3, 0.4) is 0 Å². The van der Waals surface area contributed by atoms with Crippen LogP contribution in [0.2, 0.25) is 0 Å². The Kier molecular flexibility index (Phi) is 9.06. The number of anilines is 1. The van der Waals surface area contributed by atoms with E-state index in [0.29, 0.717) is 42.2 Å². The lowest BCUT2D eigenvalue weighted by atomic mass is 9.82. The first-order chi connectivity index (χ1) is 18.1. The molecule has 2 aromatic heterocycles. The topological polar surface area (TPSA) is 95.9 Å². The maximum atomic E-state index is 14.0. The van der Waals surface area contributed by atoms with E-state index in [2.05, 4.69) is 33.6 Å². The number of carbonyl (C=O) groups excluding carboxylic acids is 1. The van der Waals surface area contributed by atoms with Crippen molar-refractivity contribution in [3.63, 3.8) is 0 Å². The number of nitrogens with zero attached hydrogens (tertiary/aromatic N) is 4. The largest absolute Gasteiger partial charge is 0.477 e. The molecule has 9 heteroatoms. The minimum Gasteiger partial charge on any atom is -0.477 e. The Labute approximate surface area is 229 Å². The van der Waals surface area contributed by atoms with Gasteiger partial charge < -0.3 is 14.7 Å². The second kappa shape index (κ2) is 12.3. The van der Waals surface area contributed by atoms with E-state index >= 15 is 0 Å². The smallest absolute Gasteiger partial charge is 0.348 e.